The molecule has 0 radical (unpaired) electrons. The van der Waals surface area contributed by atoms with Gasteiger partial charge in [0, 0.05) is 18.1 Å². The molecule has 1 heterocycles. The second kappa shape index (κ2) is 11.3. The highest BCUT2D eigenvalue weighted by molar-refractivity contribution is 7.22. The summed E-state index contributed by atoms with van der Waals surface area (Å²) in [7, 11) is 0. The Labute approximate surface area is 200 Å². The highest BCUT2D eigenvalue weighted by Gasteiger charge is 2.22. The predicted molar refractivity (Wildman–Crippen MR) is 136 cm³/mol. The van der Waals surface area contributed by atoms with Crippen molar-refractivity contribution >= 4 is 56.6 Å². The lowest BCUT2D eigenvalue weighted by Gasteiger charge is -2.25. The van der Waals surface area contributed by atoms with E-state index in [0.717, 1.165) is 51.7 Å². The Balaban J connectivity index is 0.00000341. The number of rotatable bonds is 8. The van der Waals surface area contributed by atoms with Crippen LogP contribution in [0.25, 0.3) is 10.2 Å². The fourth-order valence-electron chi connectivity index (χ4n) is 3.56. The molecule has 2 aromatic carbocycles. The van der Waals surface area contributed by atoms with Gasteiger partial charge in [-0.2, -0.15) is 0 Å². The van der Waals surface area contributed by atoms with Crippen LogP contribution < -0.4 is 4.90 Å². The van der Waals surface area contributed by atoms with Crippen molar-refractivity contribution in [1.29, 1.82) is 0 Å². The van der Waals surface area contributed by atoms with Crippen LogP contribution in [0.4, 0.5) is 5.13 Å². The van der Waals surface area contributed by atoms with E-state index in [4.69, 9.17) is 16.6 Å². The fourth-order valence-corrected chi connectivity index (χ4v) is 4.78. The summed E-state index contributed by atoms with van der Waals surface area (Å²) in [5.41, 5.74) is 5.23. The lowest BCUT2D eigenvalue weighted by molar-refractivity contribution is -0.118. The van der Waals surface area contributed by atoms with Gasteiger partial charge in [0.25, 0.3) is 0 Å². The molecule has 0 saturated carbocycles. The van der Waals surface area contributed by atoms with Crippen molar-refractivity contribution in [1.82, 2.24) is 9.88 Å². The Morgan fingerprint density at radius 2 is 1.77 bits per heavy atom. The molecule has 4 nitrogen and oxygen atoms in total. The number of hydrogen-bond donors (Lipinski definition) is 0. The van der Waals surface area contributed by atoms with Gasteiger partial charge < -0.3 is 4.90 Å². The van der Waals surface area contributed by atoms with E-state index in [9.17, 15) is 4.79 Å². The third-order valence-corrected chi connectivity index (χ3v) is 7.10. The number of halogens is 2. The zero-order valence-corrected chi connectivity index (χ0v) is 21.3. The van der Waals surface area contributed by atoms with Crippen molar-refractivity contribution in [3.8, 4) is 0 Å². The van der Waals surface area contributed by atoms with E-state index < -0.39 is 0 Å². The van der Waals surface area contributed by atoms with Gasteiger partial charge in [0.05, 0.1) is 16.6 Å². The summed E-state index contributed by atoms with van der Waals surface area (Å²) < 4.78 is 1.05. The second-order valence-electron chi connectivity index (χ2n) is 7.69. The van der Waals surface area contributed by atoms with Gasteiger partial charge in [-0.1, -0.05) is 60.5 Å². The van der Waals surface area contributed by atoms with Crippen LogP contribution in [0.1, 0.15) is 36.1 Å². The smallest absolute Gasteiger partial charge is 0.233 e. The molecule has 0 aliphatic carbocycles. The van der Waals surface area contributed by atoms with Crippen molar-refractivity contribution < 1.29 is 4.79 Å². The Morgan fingerprint density at radius 3 is 2.45 bits per heavy atom. The molecule has 0 saturated heterocycles. The number of thiazole rings is 1. The molecule has 168 valence electrons. The molecule has 0 bridgehead atoms. The second-order valence-corrected chi connectivity index (χ2v) is 9.11. The molecule has 0 unspecified atom stereocenters. The van der Waals surface area contributed by atoms with Crippen molar-refractivity contribution in [2.24, 2.45) is 0 Å². The molecular weight excluding hydrogens is 449 g/mol. The molecule has 0 N–H and O–H groups in total. The zero-order chi connectivity index (χ0) is 21.8. The van der Waals surface area contributed by atoms with Crippen LogP contribution in [0, 0.1) is 20.8 Å². The zero-order valence-electron chi connectivity index (χ0n) is 18.9. The largest absolute Gasteiger partial charge is 0.302 e. The Bertz CT molecular complexity index is 1050. The van der Waals surface area contributed by atoms with Crippen LogP contribution in [0.5, 0.6) is 0 Å². The van der Waals surface area contributed by atoms with E-state index in [1.807, 2.05) is 24.0 Å². The molecule has 3 aromatic rings. The minimum absolute atomic E-state index is 0. The monoisotopic (exact) mass is 479 g/mol. The number of hydrogen-bond acceptors (Lipinski definition) is 4. The number of aromatic nitrogens is 1. The van der Waals surface area contributed by atoms with Gasteiger partial charge in [-0.25, -0.2) is 4.98 Å². The van der Waals surface area contributed by atoms with E-state index in [-0.39, 0.29) is 18.3 Å². The number of nitrogens with zero attached hydrogens (tertiary/aromatic N) is 3. The average molecular weight is 481 g/mol. The van der Waals surface area contributed by atoms with Crippen LogP contribution in [-0.4, -0.2) is 42.0 Å². The number of fused-ring (bicyclic) bond motifs is 1. The summed E-state index contributed by atoms with van der Waals surface area (Å²) >= 11 is 7.85. The Kier molecular flexibility index (Phi) is 9.31. The topological polar surface area (TPSA) is 36.4 Å². The highest BCUT2D eigenvalue weighted by atomic mass is 35.5. The summed E-state index contributed by atoms with van der Waals surface area (Å²) in [5.74, 6) is 0.0821. The Morgan fingerprint density at radius 1 is 1.06 bits per heavy atom. The number of amides is 1. The van der Waals surface area contributed by atoms with E-state index in [1.165, 1.54) is 5.56 Å². The normalized spacial score (nSPS) is 11.1. The van der Waals surface area contributed by atoms with Gasteiger partial charge >= 0.3 is 0 Å². The molecule has 31 heavy (non-hydrogen) atoms. The van der Waals surface area contributed by atoms with Crippen LogP contribution >= 0.6 is 35.3 Å². The van der Waals surface area contributed by atoms with Gasteiger partial charge in [-0.05, 0) is 62.7 Å². The molecule has 0 aliphatic heterocycles. The summed E-state index contributed by atoms with van der Waals surface area (Å²) in [4.78, 5) is 22.5. The van der Waals surface area contributed by atoms with Crippen LogP contribution in [0.15, 0.2) is 30.3 Å². The molecule has 1 amide bonds. The molecule has 1 aromatic heterocycles. The number of aryl methyl sites for hydroxylation is 3. The van der Waals surface area contributed by atoms with Crippen LogP contribution in [0.2, 0.25) is 5.02 Å². The molecular formula is C24H31Cl2N3OS. The van der Waals surface area contributed by atoms with Crippen molar-refractivity contribution in [2.75, 3.05) is 31.1 Å². The highest BCUT2D eigenvalue weighted by Crippen LogP contribution is 2.34. The molecule has 3 rings (SSSR count). The maximum Gasteiger partial charge on any atom is 0.233 e. The van der Waals surface area contributed by atoms with Gasteiger partial charge in [-0.3, -0.25) is 9.69 Å². The van der Waals surface area contributed by atoms with Crippen molar-refractivity contribution in [2.45, 2.75) is 41.0 Å². The van der Waals surface area contributed by atoms with Gasteiger partial charge in [0.2, 0.25) is 5.91 Å². The minimum Gasteiger partial charge on any atom is -0.302 e. The van der Waals surface area contributed by atoms with E-state index in [2.05, 4.69) is 50.8 Å². The third kappa shape index (κ3) is 5.98. The number of anilines is 1. The van der Waals surface area contributed by atoms with Gasteiger partial charge in [0.1, 0.15) is 0 Å². The number of likely N-dealkylation sites (N-methyl/N-ethyl adjacent to an activating group) is 1. The van der Waals surface area contributed by atoms with Crippen LogP contribution in [-0.2, 0) is 11.2 Å². The molecule has 0 spiro atoms. The molecule has 0 atom stereocenters. The van der Waals surface area contributed by atoms with E-state index in [0.29, 0.717) is 18.0 Å². The first-order chi connectivity index (χ1) is 14.3. The van der Waals surface area contributed by atoms with Gasteiger partial charge in [0.15, 0.2) is 5.13 Å². The lowest BCUT2D eigenvalue weighted by atomic mass is 10.0. The first kappa shape index (κ1) is 25.6. The minimum atomic E-state index is 0. The lowest BCUT2D eigenvalue weighted by Crippen LogP contribution is -2.39. The van der Waals surface area contributed by atoms with Crippen LogP contribution in [0.3, 0.4) is 0 Å². The third-order valence-electron chi connectivity index (χ3n) is 5.65. The summed E-state index contributed by atoms with van der Waals surface area (Å²) in [6, 6.07) is 10.2. The number of carbonyl (C=O) groups excluding carboxylic acids is 1. The molecule has 7 heteroatoms. The fraction of sp³-hybridized carbons (Fsp3) is 0.417. The van der Waals surface area contributed by atoms with Crippen molar-refractivity contribution in [3.63, 3.8) is 0 Å². The molecule has 0 fully saturated rings. The molecule has 0 aliphatic rings. The van der Waals surface area contributed by atoms with E-state index in [1.54, 1.807) is 11.3 Å². The Hall–Kier alpha value is -1.66. The first-order valence-corrected chi connectivity index (χ1v) is 11.7. The quantitative estimate of drug-likeness (QED) is 0.384. The van der Waals surface area contributed by atoms with Crippen molar-refractivity contribution in [3.05, 3.63) is 57.6 Å². The van der Waals surface area contributed by atoms with E-state index >= 15 is 0 Å². The summed E-state index contributed by atoms with van der Waals surface area (Å²) in [5, 5.41) is 1.45. The standard InChI is InChI=1S/C24H30ClN3OS.ClH/c1-6-27(7-2)12-13-28(22(29)15-19-14-16(3)8-9-17(19)4)24-26-23-18(5)20(25)10-11-21(23)30-24;/h8-11,14H,6-7,12-13,15H2,1-5H3;1H. The van der Waals surface area contributed by atoms with Gasteiger partial charge in [-0.15, -0.1) is 12.4 Å². The summed E-state index contributed by atoms with van der Waals surface area (Å²) in [6.07, 6.45) is 0.376. The first-order valence-electron chi connectivity index (χ1n) is 10.5. The average Bonchev–Trinajstić information content (AvgIpc) is 3.15. The SMILES string of the molecule is CCN(CC)CCN(C(=O)Cc1cc(C)ccc1C)c1nc2c(C)c(Cl)ccc2s1.Cl. The maximum absolute atomic E-state index is 13.4. The number of benzene rings is 2. The number of carbonyl (C=O) groups is 1. The maximum atomic E-state index is 13.4. The predicted octanol–water partition coefficient (Wildman–Crippen LogP) is 6.21. The summed E-state index contributed by atoms with van der Waals surface area (Å²) in [6.45, 7) is 13.8.